The van der Waals surface area contributed by atoms with Gasteiger partial charge in [0, 0.05) is 13.1 Å². The molecule has 0 bridgehead atoms. The number of thiophene rings is 1. The maximum absolute atomic E-state index is 12.8. The number of likely N-dealkylation sites (tertiary alicyclic amines) is 1. The number of piperidine rings is 1. The smallest absolute Gasteiger partial charge is 0.264 e. The van der Waals surface area contributed by atoms with E-state index in [0.717, 1.165) is 24.8 Å². The molecule has 2 amide bonds. The lowest BCUT2D eigenvalue weighted by Crippen LogP contribution is -2.51. The zero-order chi connectivity index (χ0) is 18.7. The van der Waals surface area contributed by atoms with Gasteiger partial charge in [-0.3, -0.25) is 9.59 Å². The van der Waals surface area contributed by atoms with Crippen molar-refractivity contribution in [1.29, 1.82) is 0 Å². The minimum absolute atomic E-state index is 0.0254. The van der Waals surface area contributed by atoms with E-state index >= 15 is 0 Å². The molecular formula is C21H26N2O2S. The zero-order valence-electron chi connectivity index (χ0n) is 15.7. The molecule has 1 aliphatic rings. The number of aryl methyl sites for hydroxylation is 3. The molecule has 1 fully saturated rings. The topological polar surface area (TPSA) is 49.4 Å². The van der Waals surface area contributed by atoms with Gasteiger partial charge in [-0.25, -0.2) is 0 Å². The van der Waals surface area contributed by atoms with Crippen LogP contribution in [0.2, 0.25) is 0 Å². The van der Waals surface area contributed by atoms with E-state index in [4.69, 9.17) is 0 Å². The van der Waals surface area contributed by atoms with Crippen LogP contribution < -0.4 is 5.32 Å². The highest BCUT2D eigenvalue weighted by atomic mass is 32.1. The summed E-state index contributed by atoms with van der Waals surface area (Å²) in [5.74, 6) is -0.0727. The van der Waals surface area contributed by atoms with Gasteiger partial charge < -0.3 is 10.2 Å². The fraction of sp³-hybridized carbons (Fsp3) is 0.429. The van der Waals surface area contributed by atoms with E-state index in [1.165, 1.54) is 28.0 Å². The molecule has 2 heterocycles. The summed E-state index contributed by atoms with van der Waals surface area (Å²) in [6.07, 6.45) is 2.67. The zero-order valence-corrected chi connectivity index (χ0v) is 16.5. The first-order valence-electron chi connectivity index (χ1n) is 9.16. The number of rotatable bonds is 4. The first kappa shape index (κ1) is 18.6. The van der Waals surface area contributed by atoms with E-state index in [2.05, 4.69) is 38.2 Å². The number of nitrogens with zero attached hydrogens (tertiary/aromatic N) is 1. The highest BCUT2D eigenvalue weighted by Crippen LogP contribution is 2.22. The molecule has 1 aliphatic heterocycles. The third-order valence-corrected chi connectivity index (χ3v) is 5.94. The third-order valence-electron chi connectivity index (χ3n) is 5.08. The van der Waals surface area contributed by atoms with Gasteiger partial charge in [0.25, 0.3) is 5.91 Å². The first-order chi connectivity index (χ1) is 12.5. The predicted molar refractivity (Wildman–Crippen MR) is 105 cm³/mol. The Morgan fingerprint density at radius 3 is 2.58 bits per heavy atom. The van der Waals surface area contributed by atoms with E-state index in [9.17, 15) is 9.59 Å². The molecule has 138 valence electrons. The van der Waals surface area contributed by atoms with Crippen molar-refractivity contribution in [2.24, 2.45) is 0 Å². The molecule has 1 aromatic carbocycles. The van der Waals surface area contributed by atoms with Gasteiger partial charge in [-0.2, -0.15) is 0 Å². The maximum atomic E-state index is 12.8. The second-order valence-electron chi connectivity index (χ2n) is 7.08. The molecule has 1 unspecified atom stereocenters. The Labute approximate surface area is 159 Å². The van der Waals surface area contributed by atoms with Gasteiger partial charge in [0.05, 0.1) is 4.88 Å². The van der Waals surface area contributed by atoms with E-state index in [1.54, 1.807) is 4.90 Å². The number of nitrogens with one attached hydrogen (secondary N) is 1. The number of amides is 2. The molecule has 0 radical (unpaired) electrons. The second-order valence-corrected chi connectivity index (χ2v) is 8.03. The van der Waals surface area contributed by atoms with Gasteiger partial charge in [-0.1, -0.05) is 23.8 Å². The number of carbonyl (C=O) groups excluding carboxylic acids is 2. The molecule has 1 atom stereocenters. The number of hydrogen-bond acceptors (Lipinski definition) is 3. The highest BCUT2D eigenvalue weighted by molar-refractivity contribution is 7.12. The van der Waals surface area contributed by atoms with Crippen LogP contribution in [0.5, 0.6) is 0 Å². The minimum atomic E-state index is -0.371. The molecule has 2 aromatic rings. The van der Waals surface area contributed by atoms with Crippen molar-refractivity contribution in [1.82, 2.24) is 10.2 Å². The molecule has 1 saturated heterocycles. The Morgan fingerprint density at radius 1 is 1.19 bits per heavy atom. The van der Waals surface area contributed by atoms with Crippen molar-refractivity contribution in [3.05, 3.63) is 56.8 Å². The lowest BCUT2D eigenvalue weighted by atomic mass is 9.98. The van der Waals surface area contributed by atoms with Crippen LogP contribution in [-0.4, -0.2) is 29.3 Å². The minimum Gasteiger partial charge on any atom is -0.350 e. The summed E-state index contributed by atoms with van der Waals surface area (Å²) in [6.45, 7) is 7.40. The second kappa shape index (κ2) is 8.04. The monoisotopic (exact) mass is 370 g/mol. The quantitative estimate of drug-likeness (QED) is 0.885. The van der Waals surface area contributed by atoms with Crippen LogP contribution in [0, 0.1) is 20.8 Å². The average Bonchev–Trinajstić information content (AvgIpc) is 3.14. The van der Waals surface area contributed by atoms with Gasteiger partial charge >= 0.3 is 0 Å². The number of hydrogen-bond donors (Lipinski definition) is 1. The summed E-state index contributed by atoms with van der Waals surface area (Å²) in [7, 11) is 0. The van der Waals surface area contributed by atoms with Crippen LogP contribution in [0.25, 0.3) is 0 Å². The summed E-state index contributed by atoms with van der Waals surface area (Å²) in [6, 6.07) is 7.61. The molecule has 3 rings (SSSR count). The van der Waals surface area contributed by atoms with Gasteiger partial charge in [0.1, 0.15) is 6.04 Å². The van der Waals surface area contributed by atoms with E-state index < -0.39 is 0 Å². The van der Waals surface area contributed by atoms with Crippen molar-refractivity contribution < 1.29 is 9.59 Å². The summed E-state index contributed by atoms with van der Waals surface area (Å²) < 4.78 is 0. The highest BCUT2D eigenvalue weighted by Gasteiger charge is 2.32. The lowest BCUT2D eigenvalue weighted by Gasteiger charge is -2.34. The van der Waals surface area contributed by atoms with Crippen molar-refractivity contribution in [3.63, 3.8) is 0 Å². The van der Waals surface area contributed by atoms with Crippen molar-refractivity contribution >= 4 is 23.2 Å². The maximum Gasteiger partial charge on any atom is 0.264 e. The van der Waals surface area contributed by atoms with E-state index in [1.807, 2.05) is 17.5 Å². The van der Waals surface area contributed by atoms with Crippen LogP contribution in [0.1, 0.15) is 51.2 Å². The van der Waals surface area contributed by atoms with Gasteiger partial charge in [0.15, 0.2) is 0 Å². The fourth-order valence-corrected chi connectivity index (χ4v) is 4.45. The molecule has 0 saturated carbocycles. The van der Waals surface area contributed by atoms with Gasteiger partial charge in [-0.15, -0.1) is 11.3 Å². The molecule has 5 heteroatoms. The Balaban J connectivity index is 1.70. The molecule has 1 aromatic heterocycles. The Morgan fingerprint density at radius 2 is 1.92 bits per heavy atom. The van der Waals surface area contributed by atoms with E-state index in [0.29, 0.717) is 18.0 Å². The Kier molecular flexibility index (Phi) is 5.77. The Hall–Kier alpha value is -2.14. The summed E-state index contributed by atoms with van der Waals surface area (Å²) >= 11 is 1.43. The third kappa shape index (κ3) is 3.98. The molecule has 0 aliphatic carbocycles. The summed E-state index contributed by atoms with van der Waals surface area (Å²) in [5.41, 5.74) is 4.78. The number of carbonyl (C=O) groups is 2. The van der Waals surface area contributed by atoms with Gasteiger partial charge in [-0.05, 0) is 68.2 Å². The van der Waals surface area contributed by atoms with Crippen LogP contribution in [-0.2, 0) is 11.3 Å². The fourth-order valence-electron chi connectivity index (χ4n) is 3.77. The molecular weight excluding hydrogens is 344 g/mol. The van der Waals surface area contributed by atoms with Crippen molar-refractivity contribution in [3.8, 4) is 0 Å². The van der Waals surface area contributed by atoms with E-state index in [-0.39, 0.29) is 17.9 Å². The number of benzene rings is 1. The van der Waals surface area contributed by atoms with Crippen LogP contribution in [0.4, 0.5) is 0 Å². The Bertz CT molecular complexity index is 775. The van der Waals surface area contributed by atoms with Crippen molar-refractivity contribution in [2.45, 2.75) is 52.6 Å². The predicted octanol–water partition coefficient (Wildman–Crippen LogP) is 3.98. The lowest BCUT2D eigenvalue weighted by molar-refractivity contribution is -0.126. The van der Waals surface area contributed by atoms with Crippen LogP contribution in [0.15, 0.2) is 29.6 Å². The SMILES string of the molecule is Cc1cc(C)c(CNC(=O)C2CCCCN2C(=O)c2cccs2)c(C)c1. The average molecular weight is 371 g/mol. The first-order valence-corrected chi connectivity index (χ1v) is 10.0. The van der Waals surface area contributed by atoms with Gasteiger partial charge in [0.2, 0.25) is 5.91 Å². The van der Waals surface area contributed by atoms with Crippen LogP contribution >= 0.6 is 11.3 Å². The van der Waals surface area contributed by atoms with Crippen molar-refractivity contribution in [2.75, 3.05) is 6.54 Å². The molecule has 26 heavy (non-hydrogen) atoms. The largest absolute Gasteiger partial charge is 0.350 e. The molecule has 1 N–H and O–H groups in total. The summed E-state index contributed by atoms with van der Waals surface area (Å²) in [5, 5.41) is 4.97. The van der Waals surface area contributed by atoms with Crippen LogP contribution in [0.3, 0.4) is 0 Å². The molecule has 4 nitrogen and oxygen atoms in total. The standard InChI is InChI=1S/C21H26N2O2S/c1-14-11-15(2)17(16(3)12-14)13-22-20(24)18-7-4-5-9-23(18)21(25)19-8-6-10-26-19/h6,8,10-12,18H,4-5,7,9,13H2,1-3H3,(H,22,24). The summed E-state index contributed by atoms with van der Waals surface area (Å²) in [4.78, 5) is 28.0. The normalized spacial score (nSPS) is 17.2. The molecule has 0 spiro atoms.